The summed E-state index contributed by atoms with van der Waals surface area (Å²) in [6.45, 7) is 0. The average molecular weight is 338 g/mol. The minimum Gasteiger partial charge on any atom is -0.508 e. The fourth-order valence-corrected chi connectivity index (χ4v) is 2.56. The Kier molecular flexibility index (Phi) is 3.55. The van der Waals surface area contributed by atoms with E-state index in [1.807, 2.05) is 16.5 Å². The molecule has 0 amide bonds. The van der Waals surface area contributed by atoms with E-state index in [1.165, 1.54) is 0 Å². The van der Waals surface area contributed by atoms with Crippen molar-refractivity contribution < 1.29 is 9.52 Å². The van der Waals surface area contributed by atoms with Crippen molar-refractivity contribution >= 4 is 29.3 Å². The van der Waals surface area contributed by atoms with Gasteiger partial charge >= 0.3 is 0 Å². The summed E-state index contributed by atoms with van der Waals surface area (Å²) in [6, 6.07) is 14.0. The van der Waals surface area contributed by atoms with E-state index in [1.54, 1.807) is 55.1 Å². The molecule has 0 aliphatic carbocycles. The van der Waals surface area contributed by atoms with Gasteiger partial charge in [-0.25, -0.2) is 9.98 Å². The third-order valence-electron chi connectivity index (χ3n) is 3.54. The second kappa shape index (κ2) is 5.86. The Morgan fingerprint density at radius 1 is 1.12 bits per heavy atom. The van der Waals surface area contributed by atoms with Gasteiger partial charge in [0, 0.05) is 12.4 Å². The predicted octanol–water partition coefficient (Wildman–Crippen LogP) is 4.70. The minimum absolute atomic E-state index is 0.213. The van der Waals surface area contributed by atoms with Crippen LogP contribution in [0.5, 0.6) is 5.75 Å². The van der Waals surface area contributed by atoms with Gasteiger partial charge in [0.25, 0.3) is 0 Å². The third kappa shape index (κ3) is 2.66. The molecule has 24 heavy (non-hydrogen) atoms. The molecule has 4 aromatic rings. The molecule has 0 fully saturated rings. The number of furan rings is 1. The molecule has 0 spiro atoms. The van der Waals surface area contributed by atoms with E-state index < -0.39 is 0 Å². The third-order valence-corrected chi connectivity index (χ3v) is 3.76. The van der Waals surface area contributed by atoms with Crippen molar-refractivity contribution in [2.24, 2.45) is 4.99 Å². The average Bonchev–Trinajstić information content (AvgIpc) is 3.21. The summed E-state index contributed by atoms with van der Waals surface area (Å²) in [4.78, 5) is 9.15. The molecule has 0 unspecified atom stereocenters. The van der Waals surface area contributed by atoms with Crippen LogP contribution in [0.25, 0.3) is 17.1 Å². The SMILES string of the molecule is Oc1ccc(/C=N/c2c(-c3ccco3)nc3ccc(Cl)cn23)cc1. The van der Waals surface area contributed by atoms with Gasteiger partial charge in [0.15, 0.2) is 17.3 Å². The number of imidazole rings is 1. The minimum atomic E-state index is 0.213. The first kappa shape index (κ1) is 14.5. The van der Waals surface area contributed by atoms with Crippen LogP contribution in [0.15, 0.2) is 70.4 Å². The van der Waals surface area contributed by atoms with Crippen LogP contribution in [0.3, 0.4) is 0 Å². The number of hydrogen-bond acceptors (Lipinski definition) is 4. The van der Waals surface area contributed by atoms with E-state index in [9.17, 15) is 5.11 Å². The van der Waals surface area contributed by atoms with Gasteiger partial charge in [0.2, 0.25) is 0 Å². The maximum atomic E-state index is 9.36. The van der Waals surface area contributed by atoms with Crippen molar-refractivity contribution in [3.05, 3.63) is 71.6 Å². The first-order valence-corrected chi connectivity index (χ1v) is 7.63. The van der Waals surface area contributed by atoms with Crippen molar-refractivity contribution in [1.82, 2.24) is 9.38 Å². The number of hydrogen-bond donors (Lipinski definition) is 1. The fraction of sp³-hybridized carbons (Fsp3) is 0. The quantitative estimate of drug-likeness (QED) is 0.551. The number of phenols is 1. The molecule has 1 aromatic carbocycles. The Labute approximate surface area is 142 Å². The van der Waals surface area contributed by atoms with E-state index in [0.29, 0.717) is 22.3 Å². The van der Waals surface area contributed by atoms with Crippen molar-refractivity contribution in [3.8, 4) is 17.2 Å². The molecule has 0 atom stereocenters. The summed E-state index contributed by atoms with van der Waals surface area (Å²) < 4.78 is 7.29. The van der Waals surface area contributed by atoms with Crippen LogP contribution in [-0.4, -0.2) is 20.7 Å². The molecular formula is C18H12ClN3O2. The van der Waals surface area contributed by atoms with Crippen LogP contribution in [-0.2, 0) is 0 Å². The number of rotatable bonds is 3. The summed E-state index contributed by atoms with van der Waals surface area (Å²) in [7, 11) is 0. The van der Waals surface area contributed by atoms with Crippen LogP contribution in [0.2, 0.25) is 5.02 Å². The second-order valence-electron chi connectivity index (χ2n) is 5.19. The maximum Gasteiger partial charge on any atom is 0.168 e. The first-order chi connectivity index (χ1) is 11.7. The van der Waals surface area contributed by atoms with E-state index in [0.717, 1.165) is 11.2 Å². The lowest BCUT2D eigenvalue weighted by atomic mass is 10.2. The topological polar surface area (TPSA) is 63.0 Å². The highest BCUT2D eigenvalue weighted by Gasteiger charge is 2.15. The second-order valence-corrected chi connectivity index (χ2v) is 5.62. The number of aliphatic imine (C=N–C) groups is 1. The fourth-order valence-electron chi connectivity index (χ4n) is 2.40. The maximum absolute atomic E-state index is 9.36. The standard InChI is InChI=1S/C18H12ClN3O2/c19-13-5-8-16-21-17(15-2-1-9-24-15)18(22(16)11-13)20-10-12-3-6-14(23)7-4-12/h1-11,23H/b20-10+. The monoisotopic (exact) mass is 337 g/mol. The molecule has 6 heteroatoms. The zero-order valence-electron chi connectivity index (χ0n) is 12.4. The molecule has 0 radical (unpaired) electrons. The molecule has 118 valence electrons. The van der Waals surface area contributed by atoms with E-state index in [2.05, 4.69) is 9.98 Å². The zero-order chi connectivity index (χ0) is 16.5. The molecule has 0 saturated carbocycles. The van der Waals surface area contributed by atoms with Gasteiger partial charge in [-0.15, -0.1) is 0 Å². The molecule has 0 aliphatic heterocycles. The van der Waals surface area contributed by atoms with Crippen LogP contribution >= 0.6 is 11.6 Å². The number of aromatic hydroxyl groups is 1. The Morgan fingerprint density at radius 2 is 1.96 bits per heavy atom. The molecule has 3 aromatic heterocycles. The Balaban J connectivity index is 1.87. The number of benzene rings is 1. The lowest BCUT2D eigenvalue weighted by Crippen LogP contribution is -1.85. The van der Waals surface area contributed by atoms with Crippen LogP contribution in [0.1, 0.15) is 5.56 Å². The van der Waals surface area contributed by atoms with Gasteiger partial charge in [-0.2, -0.15) is 0 Å². The Hall–Kier alpha value is -3.05. The van der Waals surface area contributed by atoms with Crippen molar-refractivity contribution in [1.29, 1.82) is 0 Å². The first-order valence-electron chi connectivity index (χ1n) is 7.25. The number of fused-ring (bicyclic) bond motifs is 1. The van der Waals surface area contributed by atoms with E-state index in [4.69, 9.17) is 16.0 Å². The highest BCUT2D eigenvalue weighted by atomic mass is 35.5. The number of halogens is 1. The predicted molar refractivity (Wildman–Crippen MR) is 93.3 cm³/mol. The van der Waals surface area contributed by atoms with Crippen LogP contribution in [0, 0.1) is 0 Å². The molecular weight excluding hydrogens is 326 g/mol. The summed E-state index contributed by atoms with van der Waals surface area (Å²) in [5.74, 6) is 1.47. The molecule has 4 rings (SSSR count). The highest BCUT2D eigenvalue weighted by Crippen LogP contribution is 2.32. The molecule has 0 saturated heterocycles. The smallest absolute Gasteiger partial charge is 0.168 e. The lowest BCUT2D eigenvalue weighted by Gasteiger charge is -1.99. The highest BCUT2D eigenvalue weighted by molar-refractivity contribution is 6.30. The van der Waals surface area contributed by atoms with Gasteiger partial charge in [-0.05, 0) is 54.1 Å². The molecule has 3 heterocycles. The molecule has 0 bridgehead atoms. The summed E-state index contributed by atoms with van der Waals surface area (Å²) in [5, 5.41) is 9.95. The largest absolute Gasteiger partial charge is 0.508 e. The van der Waals surface area contributed by atoms with E-state index >= 15 is 0 Å². The molecule has 5 nitrogen and oxygen atoms in total. The van der Waals surface area contributed by atoms with E-state index in [-0.39, 0.29) is 5.75 Å². The number of pyridine rings is 1. The lowest BCUT2D eigenvalue weighted by molar-refractivity contribution is 0.475. The zero-order valence-corrected chi connectivity index (χ0v) is 13.2. The number of aromatic nitrogens is 2. The molecule has 1 N–H and O–H groups in total. The number of phenolic OH excluding ortho intramolecular Hbond substituents is 1. The summed E-state index contributed by atoms with van der Waals surface area (Å²) in [5.41, 5.74) is 2.22. The van der Waals surface area contributed by atoms with Gasteiger partial charge in [-0.1, -0.05) is 11.6 Å². The normalized spacial score (nSPS) is 11.5. The van der Waals surface area contributed by atoms with Gasteiger partial charge in [0.05, 0.1) is 11.3 Å². The van der Waals surface area contributed by atoms with Gasteiger partial charge in [-0.3, -0.25) is 4.40 Å². The van der Waals surface area contributed by atoms with Crippen molar-refractivity contribution in [2.75, 3.05) is 0 Å². The van der Waals surface area contributed by atoms with Crippen LogP contribution in [0.4, 0.5) is 5.82 Å². The van der Waals surface area contributed by atoms with Gasteiger partial charge in [0.1, 0.15) is 11.4 Å². The Morgan fingerprint density at radius 3 is 2.71 bits per heavy atom. The molecule has 0 aliphatic rings. The van der Waals surface area contributed by atoms with Gasteiger partial charge < -0.3 is 9.52 Å². The summed E-state index contributed by atoms with van der Waals surface area (Å²) in [6.07, 6.45) is 5.07. The van der Waals surface area contributed by atoms with Crippen molar-refractivity contribution in [2.45, 2.75) is 0 Å². The summed E-state index contributed by atoms with van der Waals surface area (Å²) >= 11 is 6.11. The van der Waals surface area contributed by atoms with Crippen molar-refractivity contribution in [3.63, 3.8) is 0 Å². The number of nitrogens with zero attached hydrogens (tertiary/aromatic N) is 3. The van der Waals surface area contributed by atoms with Crippen LogP contribution < -0.4 is 0 Å². The Bertz CT molecular complexity index is 1020.